The molecule has 0 saturated carbocycles. The summed E-state index contributed by atoms with van der Waals surface area (Å²) in [4.78, 5) is 16.2. The second-order valence-electron chi connectivity index (χ2n) is 5.37. The van der Waals surface area contributed by atoms with Gasteiger partial charge in [-0.25, -0.2) is 0 Å². The fourth-order valence-electron chi connectivity index (χ4n) is 2.23. The van der Waals surface area contributed by atoms with Crippen LogP contribution in [0.1, 0.15) is 26.7 Å². The third-order valence-corrected chi connectivity index (χ3v) is 3.59. The van der Waals surface area contributed by atoms with E-state index in [-0.39, 0.29) is 5.91 Å². The van der Waals surface area contributed by atoms with E-state index in [0.717, 1.165) is 19.6 Å². The number of carbonyl (C=O) groups is 1. The molecule has 2 unspecified atom stereocenters. The zero-order valence-electron chi connectivity index (χ0n) is 11.0. The number of hydrogen-bond acceptors (Lipinski definition) is 3. The van der Waals surface area contributed by atoms with Gasteiger partial charge in [0.05, 0.1) is 5.54 Å². The number of carbonyl (C=O) groups excluding carboxylic acids is 1. The monoisotopic (exact) mass is 227 g/mol. The largest absolute Gasteiger partial charge is 0.344 e. The maximum absolute atomic E-state index is 12.1. The minimum absolute atomic E-state index is 0.0598. The summed E-state index contributed by atoms with van der Waals surface area (Å²) in [7, 11) is 3.99. The van der Waals surface area contributed by atoms with Crippen molar-refractivity contribution in [2.45, 2.75) is 32.2 Å². The third kappa shape index (κ3) is 3.19. The Labute approximate surface area is 98.8 Å². The molecule has 16 heavy (non-hydrogen) atoms. The molecule has 0 aliphatic carbocycles. The molecule has 1 rings (SSSR count). The zero-order valence-corrected chi connectivity index (χ0v) is 11.0. The first-order chi connectivity index (χ1) is 7.36. The van der Waals surface area contributed by atoms with Crippen molar-refractivity contribution in [2.75, 3.05) is 33.7 Å². The highest BCUT2D eigenvalue weighted by Gasteiger charge is 2.31. The van der Waals surface area contributed by atoms with E-state index >= 15 is 0 Å². The molecule has 2 N–H and O–H groups in total. The minimum Gasteiger partial charge on any atom is -0.344 e. The molecule has 1 heterocycles. The number of rotatable bonds is 4. The van der Waals surface area contributed by atoms with E-state index in [0.29, 0.717) is 12.3 Å². The highest BCUT2D eigenvalue weighted by atomic mass is 16.2. The van der Waals surface area contributed by atoms with Crippen LogP contribution in [-0.2, 0) is 4.79 Å². The van der Waals surface area contributed by atoms with Crippen LogP contribution in [0.3, 0.4) is 0 Å². The molecule has 0 spiro atoms. The van der Waals surface area contributed by atoms with Gasteiger partial charge in [-0.2, -0.15) is 0 Å². The van der Waals surface area contributed by atoms with Gasteiger partial charge in [-0.1, -0.05) is 6.92 Å². The van der Waals surface area contributed by atoms with Crippen LogP contribution in [0, 0.1) is 5.92 Å². The average Bonchev–Trinajstić information content (AvgIpc) is 2.62. The Hall–Kier alpha value is -0.610. The molecule has 1 saturated heterocycles. The van der Waals surface area contributed by atoms with Crippen LogP contribution in [0.2, 0.25) is 0 Å². The van der Waals surface area contributed by atoms with Crippen molar-refractivity contribution in [2.24, 2.45) is 11.7 Å². The molecule has 0 aromatic carbocycles. The predicted octanol–water partition coefficient (Wildman–Crippen LogP) is 0.524. The molecule has 4 heteroatoms. The highest BCUT2D eigenvalue weighted by molar-refractivity contribution is 5.85. The lowest BCUT2D eigenvalue weighted by Gasteiger charge is -2.29. The first-order valence-corrected chi connectivity index (χ1v) is 6.09. The second-order valence-corrected chi connectivity index (χ2v) is 5.37. The first-order valence-electron chi connectivity index (χ1n) is 6.09. The Morgan fingerprint density at radius 3 is 2.69 bits per heavy atom. The number of amides is 1. The number of hydrogen-bond donors (Lipinski definition) is 1. The number of likely N-dealkylation sites (tertiary alicyclic amines) is 1. The summed E-state index contributed by atoms with van der Waals surface area (Å²) < 4.78 is 0. The summed E-state index contributed by atoms with van der Waals surface area (Å²) in [6.45, 7) is 6.82. The van der Waals surface area contributed by atoms with E-state index < -0.39 is 5.54 Å². The van der Waals surface area contributed by atoms with Crippen molar-refractivity contribution in [1.29, 1.82) is 0 Å². The van der Waals surface area contributed by atoms with Crippen molar-refractivity contribution in [3.05, 3.63) is 0 Å². The number of nitrogens with zero attached hydrogens (tertiary/aromatic N) is 2. The van der Waals surface area contributed by atoms with Crippen molar-refractivity contribution >= 4 is 5.91 Å². The molecule has 4 nitrogen and oxygen atoms in total. The molecular formula is C12H25N3O. The molecule has 1 amide bonds. The van der Waals surface area contributed by atoms with Crippen LogP contribution in [0.4, 0.5) is 0 Å². The van der Waals surface area contributed by atoms with E-state index in [2.05, 4.69) is 11.9 Å². The zero-order chi connectivity index (χ0) is 12.3. The van der Waals surface area contributed by atoms with Gasteiger partial charge in [0.25, 0.3) is 0 Å². The summed E-state index contributed by atoms with van der Waals surface area (Å²) in [5.74, 6) is 0.663. The molecule has 1 aliphatic heterocycles. The predicted molar refractivity (Wildman–Crippen MR) is 66.1 cm³/mol. The van der Waals surface area contributed by atoms with Crippen molar-refractivity contribution in [3.63, 3.8) is 0 Å². The lowest BCUT2D eigenvalue weighted by Crippen LogP contribution is -2.52. The van der Waals surface area contributed by atoms with Gasteiger partial charge in [-0.15, -0.1) is 0 Å². The molecule has 1 aliphatic rings. The number of nitrogens with two attached hydrogens (primary N) is 1. The summed E-state index contributed by atoms with van der Waals surface area (Å²) in [5, 5.41) is 0. The SMILES string of the molecule is CCC(C)(N)C(=O)N(C)CC1CCN(C)C1. The summed E-state index contributed by atoms with van der Waals surface area (Å²) in [6, 6.07) is 0. The molecule has 0 aromatic rings. The second kappa shape index (κ2) is 5.15. The Morgan fingerprint density at radius 2 is 2.25 bits per heavy atom. The van der Waals surface area contributed by atoms with Gasteiger partial charge in [-0.3, -0.25) is 4.79 Å². The fourth-order valence-corrected chi connectivity index (χ4v) is 2.23. The molecule has 94 valence electrons. The first kappa shape index (κ1) is 13.5. The van der Waals surface area contributed by atoms with Crippen LogP contribution < -0.4 is 5.73 Å². The smallest absolute Gasteiger partial charge is 0.242 e. The van der Waals surface area contributed by atoms with Gasteiger partial charge < -0.3 is 15.5 Å². The van der Waals surface area contributed by atoms with Crippen LogP contribution in [-0.4, -0.2) is 55.0 Å². The highest BCUT2D eigenvalue weighted by Crippen LogP contribution is 2.17. The summed E-state index contributed by atoms with van der Waals surface area (Å²) in [6.07, 6.45) is 1.86. The van der Waals surface area contributed by atoms with Crippen LogP contribution >= 0.6 is 0 Å². The van der Waals surface area contributed by atoms with Gasteiger partial charge in [0, 0.05) is 20.1 Å². The molecule has 2 atom stereocenters. The van der Waals surface area contributed by atoms with E-state index in [1.165, 1.54) is 6.42 Å². The quantitative estimate of drug-likeness (QED) is 0.762. The Kier molecular flexibility index (Phi) is 4.33. The van der Waals surface area contributed by atoms with E-state index in [9.17, 15) is 4.79 Å². The van der Waals surface area contributed by atoms with E-state index in [4.69, 9.17) is 5.73 Å². The van der Waals surface area contributed by atoms with Crippen LogP contribution in [0.5, 0.6) is 0 Å². The lowest BCUT2D eigenvalue weighted by atomic mass is 9.98. The van der Waals surface area contributed by atoms with Crippen molar-refractivity contribution in [3.8, 4) is 0 Å². The molecule has 0 aromatic heterocycles. The normalized spacial score (nSPS) is 25.4. The summed E-state index contributed by atoms with van der Waals surface area (Å²) in [5.41, 5.74) is 5.25. The maximum Gasteiger partial charge on any atom is 0.242 e. The topological polar surface area (TPSA) is 49.6 Å². The van der Waals surface area contributed by atoms with Crippen molar-refractivity contribution in [1.82, 2.24) is 9.80 Å². The van der Waals surface area contributed by atoms with Crippen LogP contribution in [0.25, 0.3) is 0 Å². The average molecular weight is 227 g/mol. The van der Waals surface area contributed by atoms with Gasteiger partial charge >= 0.3 is 0 Å². The third-order valence-electron chi connectivity index (χ3n) is 3.59. The van der Waals surface area contributed by atoms with Gasteiger partial charge in [0.15, 0.2) is 0 Å². The summed E-state index contributed by atoms with van der Waals surface area (Å²) >= 11 is 0. The Morgan fingerprint density at radius 1 is 1.62 bits per heavy atom. The lowest BCUT2D eigenvalue weighted by molar-refractivity contribution is -0.135. The molecule has 1 fully saturated rings. The molecular weight excluding hydrogens is 202 g/mol. The Balaban J connectivity index is 2.46. The standard InChI is InChI=1S/C12H25N3O/c1-5-12(2,13)11(16)15(4)9-10-6-7-14(3)8-10/h10H,5-9,13H2,1-4H3. The number of likely N-dealkylation sites (N-methyl/N-ethyl adjacent to an activating group) is 1. The fraction of sp³-hybridized carbons (Fsp3) is 0.917. The Bertz CT molecular complexity index is 253. The van der Waals surface area contributed by atoms with Gasteiger partial charge in [0.2, 0.25) is 5.91 Å². The van der Waals surface area contributed by atoms with E-state index in [1.54, 1.807) is 4.90 Å². The molecule has 0 bridgehead atoms. The minimum atomic E-state index is -0.709. The van der Waals surface area contributed by atoms with Gasteiger partial charge in [-0.05, 0) is 39.3 Å². The van der Waals surface area contributed by atoms with Crippen LogP contribution in [0.15, 0.2) is 0 Å². The van der Waals surface area contributed by atoms with Gasteiger partial charge in [0.1, 0.15) is 0 Å². The maximum atomic E-state index is 12.1. The molecule has 0 radical (unpaired) electrons. The van der Waals surface area contributed by atoms with E-state index in [1.807, 2.05) is 20.9 Å². The van der Waals surface area contributed by atoms with Crippen molar-refractivity contribution < 1.29 is 4.79 Å².